The van der Waals surface area contributed by atoms with Gasteiger partial charge in [-0.2, -0.15) is 0 Å². The Kier molecular flexibility index (Phi) is 3.89. The predicted octanol–water partition coefficient (Wildman–Crippen LogP) is 3.23. The number of halogens is 3. The molecule has 0 spiro atoms. The van der Waals surface area contributed by atoms with Crippen molar-refractivity contribution in [1.82, 2.24) is 5.32 Å². The number of hydrogen-bond acceptors (Lipinski definition) is 1. The third-order valence-electron chi connectivity index (χ3n) is 2.77. The first-order chi connectivity index (χ1) is 8.08. The van der Waals surface area contributed by atoms with Crippen LogP contribution in [0.4, 0.5) is 4.39 Å². The SMILES string of the molecule is O=C(NCC(Cl)C1CC1)c1ccc(Cl)cc1F. The van der Waals surface area contributed by atoms with Crippen molar-refractivity contribution >= 4 is 29.1 Å². The molecule has 1 saturated carbocycles. The molecule has 0 bridgehead atoms. The molecule has 0 aliphatic heterocycles. The zero-order chi connectivity index (χ0) is 12.4. The molecular formula is C12H12Cl2FNO. The van der Waals surface area contributed by atoms with Crippen LogP contribution in [0.25, 0.3) is 0 Å². The van der Waals surface area contributed by atoms with Crippen LogP contribution in [-0.2, 0) is 0 Å². The summed E-state index contributed by atoms with van der Waals surface area (Å²) in [5.41, 5.74) is -0.00550. The molecule has 1 N–H and O–H groups in total. The van der Waals surface area contributed by atoms with Crippen molar-refractivity contribution in [2.75, 3.05) is 6.54 Å². The van der Waals surface area contributed by atoms with Crippen molar-refractivity contribution in [2.45, 2.75) is 18.2 Å². The lowest BCUT2D eigenvalue weighted by molar-refractivity contribution is 0.0949. The molecule has 0 radical (unpaired) electrons. The lowest BCUT2D eigenvalue weighted by Crippen LogP contribution is -2.31. The van der Waals surface area contributed by atoms with E-state index >= 15 is 0 Å². The van der Waals surface area contributed by atoms with Crippen molar-refractivity contribution in [3.05, 3.63) is 34.6 Å². The number of amides is 1. The third-order valence-corrected chi connectivity index (χ3v) is 3.51. The number of rotatable bonds is 4. The molecule has 2 rings (SSSR count). The highest BCUT2D eigenvalue weighted by molar-refractivity contribution is 6.30. The highest BCUT2D eigenvalue weighted by atomic mass is 35.5. The Morgan fingerprint density at radius 1 is 1.53 bits per heavy atom. The van der Waals surface area contributed by atoms with E-state index < -0.39 is 11.7 Å². The van der Waals surface area contributed by atoms with Gasteiger partial charge < -0.3 is 5.32 Å². The second-order valence-corrected chi connectivity index (χ2v) is 5.18. The molecule has 1 fully saturated rings. The topological polar surface area (TPSA) is 29.1 Å². The summed E-state index contributed by atoms with van der Waals surface area (Å²) in [4.78, 5) is 11.7. The lowest BCUT2D eigenvalue weighted by Gasteiger charge is -2.10. The van der Waals surface area contributed by atoms with Gasteiger partial charge in [0.25, 0.3) is 5.91 Å². The van der Waals surface area contributed by atoms with Gasteiger partial charge in [0.1, 0.15) is 5.82 Å². The first-order valence-corrected chi connectivity index (χ1v) is 6.26. The van der Waals surface area contributed by atoms with Gasteiger partial charge >= 0.3 is 0 Å². The zero-order valence-electron chi connectivity index (χ0n) is 9.05. The summed E-state index contributed by atoms with van der Waals surface area (Å²) < 4.78 is 13.4. The lowest BCUT2D eigenvalue weighted by atomic mass is 10.2. The number of alkyl halides is 1. The van der Waals surface area contributed by atoms with E-state index in [-0.39, 0.29) is 16.0 Å². The minimum Gasteiger partial charge on any atom is -0.350 e. The fourth-order valence-electron chi connectivity index (χ4n) is 1.58. The van der Waals surface area contributed by atoms with Crippen LogP contribution in [0.3, 0.4) is 0 Å². The molecule has 1 amide bonds. The largest absolute Gasteiger partial charge is 0.350 e. The molecule has 17 heavy (non-hydrogen) atoms. The van der Waals surface area contributed by atoms with Crippen LogP contribution < -0.4 is 5.32 Å². The quantitative estimate of drug-likeness (QED) is 0.840. The minimum atomic E-state index is -0.618. The van der Waals surface area contributed by atoms with E-state index in [1.807, 2.05) is 0 Å². The molecule has 1 aliphatic rings. The van der Waals surface area contributed by atoms with Crippen molar-refractivity contribution < 1.29 is 9.18 Å². The highest BCUT2D eigenvalue weighted by Crippen LogP contribution is 2.35. The van der Waals surface area contributed by atoms with E-state index in [4.69, 9.17) is 23.2 Å². The fraction of sp³-hybridized carbons (Fsp3) is 0.417. The monoisotopic (exact) mass is 275 g/mol. The first-order valence-electron chi connectivity index (χ1n) is 5.45. The number of carbonyl (C=O) groups excluding carboxylic acids is 1. The average Bonchev–Trinajstić information content (AvgIpc) is 3.09. The summed E-state index contributed by atoms with van der Waals surface area (Å²) in [6.45, 7) is 0.368. The smallest absolute Gasteiger partial charge is 0.254 e. The number of benzene rings is 1. The number of hydrogen-bond donors (Lipinski definition) is 1. The molecule has 1 unspecified atom stereocenters. The van der Waals surface area contributed by atoms with E-state index in [1.54, 1.807) is 0 Å². The van der Waals surface area contributed by atoms with E-state index in [0.717, 1.165) is 18.9 Å². The van der Waals surface area contributed by atoms with Gasteiger partial charge in [-0.25, -0.2) is 4.39 Å². The van der Waals surface area contributed by atoms with Crippen LogP contribution in [0.1, 0.15) is 23.2 Å². The van der Waals surface area contributed by atoms with Gasteiger partial charge in [-0.1, -0.05) is 11.6 Å². The van der Waals surface area contributed by atoms with Crippen LogP contribution in [0.2, 0.25) is 5.02 Å². The summed E-state index contributed by atoms with van der Waals surface area (Å²) >= 11 is 11.7. The summed E-state index contributed by atoms with van der Waals surface area (Å²) in [6, 6.07) is 3.97. The Morgan fingerprint density at radius 2 is 2.24 bits per heavy atom. The van der Waals surface area contributed by atoms with E-state index in [0.29, 0.717) is 12.5 Å². The van der Waals surface area contributed by atoms with Gasteiger partial charge in [0.2, 0.25) is 0 Å². The maximum atomic E-state index is 13.4. The normalized spacial score (nSPS) is 16.6. The first kappa shape index (κ1) is 12.7. The zero-order valence-corrected chi connectivity index (χ0v) is 10.6. The highest BCUT2D eigenvalue weighted by Gasteiger charge is 2.29. The fourth-order valence-corrected chi connectivity index (χ4v) is 2.07. The van der Waals surface area contributed by atoms with Crippen LogP contribution in [0.5, 0.6) is 0 Å². The van der Waals surface area contributed by atoms with Crippen LogP contribution in [-0.4, -0.2) is 17.8 Å². The Hall–Kier alpha value is -0.800. The Bertz CT molecular complexity index is 435. The standard InChI is InChI=1S/C12H12Cl2FNO/c13-8-3-4-9(11(15)5-8)12(17)16-6-10(14)7-1-2-7/h3-5,7,10H,1-2,6H2,(H,16,17). The maximum Gasteiger partial charge on any atom is 0.254 e. The Morgan fingerprint density at radius 3 is 2.82 bits per heavy atom. The Labute approximate surface area is 109 Å². The van der Waals surface area contributed by atoms with Crippen molar-refractivity contribution in [2.24, 2.45) is 5.92 Å². The van der Waals surface area contributed by atoms with Crippen LogP contribution >= 0.6 is 23.2 Å². The van der Waals surface area contributed by atoms with E-state index in [9.17, 15) is 9.18 Å². The Balaban J connectivity index is 1.94. The minimum absolute atomic E-state index is 0.00550. The summed E-state index contributed by atoms with van der Waals surface area (Å²) in [7, 11) is 0. The summed E-state index contributed by atoms with van der Waals surface area (Å²) in [5, 5.41) is 2.84. The van der Waals surface area contributed by atoms with E-state index in [1.165, 1.54) is 12.1 Å². The van der Waals surface area contributed by atoms with Gasteiger partial charge in [-0.3, -0.25) is 4.79 Å². The molecule has 92 valence electrons. The van der Waals surface area contributed by atoms with Gasteiger partial charge in [-0.05, 0) is 37.0 Å². The number of nitrogens with one attached hydrogen (secondary N) is 1. The molecule has 2 nitrogen and oxygen atoms in total. The molecule has 5 heteroatoms. The molecule has 1 aliphatic carbocycles. The molecule has 1 atom stereocenters. The third kappa shape index (κ3) is 3.33. The molecule has 0 aromatic heterocycles. The van der Waals surface area contributed by atoms with Crippen LogP contribution in [0.15, 0.2) is 18.2 Å². The van der Waals surface area contributed by atoms with Gasteiger partial charge in [0, 0.05) is 11.6 Å². The predicted molar refractivity (Wildman–Crippen MR) is 66.1 cm³/mol. The second kappa shape index (κ2) is 5.23. The average molecular weight is 276 g/mol. The van der Waals surface area contributed by atoms with E-state index in [2.05, 4.69) is 5.32 Å². The van der Waals surface area contributed by atoms with Gasteiger partial charge in [-0.15, -0.1) is 11.6 Å². The van der Waals surface area contributed by atoms with Gasteiger partial charge in [0.05, 0.1) is 10.9 Å². The van der Waals surface area contributed by atoms with Crippen LogP contribution in [0, 0.1) is 11.7 Å². The second-order valence-electron chi connectivity index (χ2n) is 4.19. The molecule has 0 saturated heterocycles. The maximum absolute atomic E-state index is 13.4. The molecule has 0 heterocycles. The summed E-state index contributed by atoms with van der Waals surface area (Å²) in [5.74, 6) is -0.579. The van der Waals surface area contributed by atoms with Crippen molar-refractivity contribution in [3.63, 3.8) is 0 Å². The number of carbonyl (C=O) groups is 1. The van der Waals surface area contributed by atoms with Crippen molar-refractivity contribution in [3.8, 4) is 0 Å². The van der Waals surface area contributed by atoms with Crippen molar-refractivity contribution in [1.29, 1.82) is 0 Å². The molecule has 1 aromatic carbocycles. The molecular weight excluding hydrogens is 264 g/mol. The summed E-state index contributed by atoms with van der Waals surface area (Å²) in [6.07, 6.45) is 2.22. The van der Waals surface area contributed by atoms with Gasteiger partial charge in [0.15, 0.2) is 0 Å². The molecule has 1 aromatic rings.